The molecule has 2 fully saturated rings. The Bertz CT molecular complexity index is 1810. The van der Waals surface area contributed by atoms with E-state index in [1.807, 2.05) is 50.4 Å². The monoisotopic (exact) mass is 661 g/mol. The van der Waals surface area contributed by atoms with Crippen molar-refractivity contribution in [3.05, 3.63) is 77.5 Å². The molecule has 0 radical (unpaired) electrons. The predicted octanol–water partition coefficient (Wildman–Crippen LogP) is 8.36. The molecule has 2 saturated heterocycles. The van der Waals surface area contributed by atoms with Crippen molar-refractivity contribution >= 4 is 46.2 Å². The highest BCUT2D eigenvalue weighted by Gasteiger charge is 2.37. The highest BCUT2D eigenvalue weighted by molar-refractivity contribution is 6.11. The van der Waals surface area contributed by atoms with Gasteiger partial charge in [-0.15, -0.1) is 0 Å². The van der Waals surface area contributed by atoms with E-state index in [1.54, 1.807) is 30.1 Å². The Balaban J connectivity index is 1.29. The summed E-state index contributed by atoms with van der Waals surface area (Å²) in [7, 11) is 3.21. The highest BCUT2D eigenvalue weighted by atomic mass is 16.5. The number of carbonyl (C=O) groups is 1. The number of nitrogens with one attached hydrogen (secondary N) is 1. The van der Waals surface area contributed by atoms with Gasteiger partial charge in [0.25, 0.3) is 0 Å². The van der Waals surface area contributed by atoms with Crippen LogP contribution in [0, 0.1) is 19.8 Å². The van der Waals surface area contributed by atoms with Gasteiger partial charge in [0, 0.05) is 61.1 Å². The first-order valence-electron chi connectivity index (χ1n) is 17.5. The molecule has 0 unspecified atom stereocenters. The van der Waals surface area contributed by atoms with Crippen LogP contribution in [0.25, 0.3) is 0 Å². The van der Waals surface area contributed by atoms with Crippen molar-refractivity contribution in [2.24, 2.45) is 5.92 Å². The molecule has 10 nitrogen and oxygen atoms in total. The quantitative estimate of drug-likeness (QED) is 0.202. The van der Waals surface area contributed by atoms with Crippen LogP contribution < -0.4 is 34.4 Å². The summed E-state index contributed by atoms with van der Waals surface area (Å²) in [5, 5.41) is 3.54. The number of aryl methyl sites for hydroxylation is 2. The summed E-state index contributed by atoms with van der Waals surface area (Å²) in [5.41, 5.74) is 7.70. The van der Waals surface area contributed by atoms with Crippen LogP contribution in [-0.4, -0.2) is 56.4 Å². The Labute approximate surface area is 289 Å². The molecular formula is C39H47N7O3. The maximum absolute atomic E-state index is 14.6. The number of hydrogen-bond acceptors (Lipinski definition) is 8. The number of anilines is 7. The molecule has 2 amide bonds. The zero-order valence-corrected chi connectivity index (χ0v) is 29.3. The van der Waals surface area contributed by atoms with E-state index in [4.69, 9.17) is 19.4 Å². The molecule has 0 spiro atoms. The van der Waals surface area contributed by atoms with Crippen LogP contribution in [0.3, 0.4) is 0 Å². The maximum atomic E-state index is 14.6. The molecule has 49 heavy (non-hydrogen) atoms. The van der Waals surface area contributed by atoms with E-state index in [-0.39, 0.29) is 6.03 Å². The van der Waals surface area contributed by atoms with Crippen molar-refractivity contribution in [3.8, 4) is 11.5 Å². The first kappa shape index (κ1) is 32.6. The minimum absolute atomic E-state index is 0.216. The minimum Gasteiger partial charge on any atom is -0.497 e. The van der Waals surface area contributed by atoms with Crippen LogP contribution in [0.1, 0.15) is 55.7 Å². The molecule has 0 aliphatic carbocycles. The molecule has 3 aliphatic heterocycles. The Morgan fingerprint density at radius 2 is 1.53 bits per heavy atom. The van der Waals surface area contributed by atoms with E-state index in [0.29, 0.717) is 35.5 Å². The van der Waals surface area contributed by atoms with Crippen LogP contribution in [0.2, 0.25) is 0 Å². The lowest BCUT2D eigenvalue weighted by atomic mass is 9.98. The second-order valence-corrected chi connectivity index (χ2v) is 13.6. The van der Waals surface area contributed by atoms with Crippen molar-refractivity contribution < 1.29 is 14.3 Å². The number of hydrogen-bond donors (Lipinski definition) is 1. The van der Waals surface area contributed by atoms with Gasteiger partial charge in [0.1, 0.15) is 11.5 Å². The Morgan fingerprint density at radius 1 is 0.837 bits per heavy atom. The molecule has 3 aliphatic rings. The van der Waals surface area contributed by atoms with Crippen molar-refractivity contribution in [1.29, 1.82) is 0 Å². The Hall–Kier alpha value is -4.99. The number of fused-ring (bicyclic) bond motifs is 1. The summed E-state index contributed by atoms with van der Waals surface area (Å²) in [6, 6.07) is 18.1. The fourth-order valence-corrected chi connectivity index (χ4v) is 7.39. The number of carbonyl (C=O) groups excluding carboxylic acids is 1. The lowest BCUT2D eigenvalue weighted by Crippen LogP contribution is -2.46. The predicted molar refractivity (Wildman–Crippen MR) is 198 cm³/mol. The largest absolute Gasteiger partial charge is 0.497 e. The van der Waals surface area contributed by atoms with E-state index in [9.17, 15) is 4.79 Å². The average Bonchev–Trinajstić information content (AvgIpc) is 3.12. The number of aromatic nitrogens is 2. The van der Waals surface area contributed by atoms with E-state index >= 15 is 0 Å². The normalized spacial score (nSPS) is 16.9. The molecule has 4 heterocycles. The summed E-state index contributed by atoms with van der Waals surface area (Å²) in [4.78, 5) is 32.9. The second kappa shape index (κ2) is 13.9. The third-order valence-electron chi connectivity index (χ3n) is 10.2. The number of methoxy groups -OCH3 is 2. The molecular weight excluding hydrogens is 614 g/mol. The van der Waals surface area contributed by atoms with Gasteiger partial charge in [0.15, 0.2) is 5.82 Å². The Kier molecular flexibility index (Phi) is 9.21. The van der Waals surface area contributed by atoms with Gasteiger partial charge in [0.05, 0.1) is 32.1 Å². The molecule has 0 saturated carbocycles. The Morgan fingerprint density at radius 3 is 2.20 bits per heavy atom. The lowest BCUT2D eigenvalue weighted by molar-refractivity contribution is 0.252. The van der Waals surface area contributed by atoms with Crippen molar-refractivity contribution in [1.82, 2.24) is 9.97 Å². The summed E-state index contributed by atoms with van der Waals surface area (Å²) in [6.45, 7) is 11.0. The average molecular weight is 662 g/mol. The van der Waals surface area contributed by atoms with Crippen LogP contribution in [0.15, 0.2) is 60.8 Å². The molecule has 1 N–H and O–H groups in total. The van der Waals surface area contributed by atoms with E-state index in [2.05, 4.69) is 40.2 Å². The molecule has 7 rings (SSSR count). The smallest absolute Gasteiger partial charge is 0.335 e. The van der Waals surface area contributed by atoms with Gasteiger partial charge in [-0.3, -0.25) is 4.90 Å². The fraction of sp³-hybridized carbons (Fsp3) is 0.410. The molecule has 0 bridgehead atoms. The standard InChI is InChI=1S/C39H47N7O3/c1-26-14-18-44(19-15-26)32-21-30(20-31(22-32)43-16-7-6-8-17-43)41-38-40-24-29-25-45(36-27(2)10-9-11-28(36)3)39(47)46(37(29)42-38)34-13-12-33(48-4)23-35(34)49-5/h9-13,20-24,26H,6-8,14-19,25H2,1-5H3,(H,40,41,42). The van der Waals surface area contributed by atoms with Gasteiger partial charge >= 0.3 is 6.03 Å². The summed E-state index contributed by atoms with van der Waals surface area (Å²) < 4.78 is 11.3. The zero-order valence-electron chi connectivity index (χ0n) is 29.3. The van der Waals surface area contributed by atoms with Gasteiger partial charge in [-0.05, 0) is 93.3 Å². The number of benzene rings is 3. The lowest BCUT2D eigenvalue weighted by Gasteiger charge is -2.37. The third kappa shape index (κ3) is 6.56. The number of piperidine rings is 2. The van der Waals surface area contributed by atoms with Crippen LogP contribution in [0.4, 0.5) is 45.0 Å². The summed E-state index contributed by atoms with van der Waals surface area (Å²) in [6.07, 6.45) is 7.93. The zero-order chi connectivity index (χ0) is 34.1. The number of amides is 2. The van der Waals surface area contributed by atoms with Gasteiger partial charge in [0.2, 0.25) is 5.95 Å². The van der Waals surface area contributed by atoms with E-state index < -0.39 is 0 Å². The summed E-state index contributed by atoms with van der Waals surface area (Å²) >= 11 is 0. The number of rotatable bonds is 8. The first-order chi connectivity index (χ1) is 23.8. The van der Waals surface area contributed by atoms with E-state index in [1.165, 1.54) is 43.5 Å². The highest BCUT2D eigenvalue weighted by Crippen LogP contribution is 2.43. The van der Waals surface area contributed by atoms with Crippen molar-refractivity contribution in [3.63, 3.8) is 0 Å². The molecule has 10 heteroatoms. The van der Waals surface area contributed by atoms with Crippen LogP contribution in [-0.2, 0) is 6.54 Å². The number of ether oxygens (including phenoxy) is 2. The third-order valence-corrected chi connectivity index (χ3v) is 10.2. The van der Waals surface area contributed by atoms with Gasteiger partial charge in [-0.2, -0.15) is 4.98 Å². The topological polar surface area (TPSA) is 86.3 Å². The maximum Gasteiger partial charge on any atom is 0.335 e. The number of urea groups is 1. The summed E-state index contributed by atoms with van der Waals surface area (Å²) in [5.74, 6) is 2.84. The molecule has 0 atom stereocenters. The minimum atomic E-state index is -0.216. The molecule has 4 aromatic rings. The SMILES string of the molecule is COc1ccc(N2C(=O)N(c3c(C)cccc3C)Cc3cnc(Nc4cc(N5CCCCC5)cc(N5CCC(C)CC5)c4)nc32)c(OC)c1. The molecule has 1 aromatic heterocycles. The second-order valence-electron chi connectivity index (χ2n) is 13.6. The number of para-hydroxylation sites is 1. The van der Waals surface area contributed by atoms with E-state index in [0.717, 1.165) is 60.2 Å². The van der Waals surface area contributed by atoms with Gasteiger partial charge in [-0.1, -0.05) is 25.1 Å². The fourth-order valence-electron chi connectivity index (χ4n) is 7.39. The van der Waals surface area contributed by atoms with Gasteiger partial charge in [-0.25, -0.2) is 14.7 Å². The van der Waals surface area contributed by atoms with Crippen molar-refractivity contribution in [2.75, 3.05) is 65.3 Å². The molecule has 256 valence electrons. The first-order valence-corrected chi connectivity index (χ1v) is 17.5. The van der Waals surface area contributed by atoms with Crippen LogP contribution >= 0.6 is 0 Å². The van der Waals surface area contributed by atoms with Crippen molar-refractivity contribution in [2.45, 2.75) is 59.4 Å². The van der Waals surface area contributed by atoms with Gasteiger partial charge < -0.3 is 24.6 Å². The van der Waals surface area contributed by atoms with Crippen LogP contribution in [0.5, 0.6) is 11.5 Å². The number of nitrogens with zero attached hydrogens (tertiary/aromatic N) is 6. The molecule has 3 aromatic carbocycles.